The van der Waals surface area contributed by atoms with Gasteiger partial charge in [0.2, 0.25) is 16.9 Å². The van der Waals surface area contributed by atoms with Crippen LogP contribution in [-0.4, -0.2) is 26.8 Å². The lowest BCUT2D eigenvalue weighted by Crippen LogP contribution is -2.14. The number of nitrogens with zero attached hydrogens (tertiary/aromatic N) is 3. The fourth-order valence-electron chi connectivity index (χ4n) is 2.58. The van der Waals surface area contributed by atoms with Gasteiger partial charge in [0.05, 0.1) is 11.4 Å². The van der Waals surface area contributed by atoms with Crippen LogP contribution in [0, 0.1) is 0 Å². The van der Waals surface area contributed by atoms with E-state index in [1.165, 1.54) is 23.1 Å². The number of thioether (sulfide) groups is 1. The second-order valence-corrected chi connectivity index (χ2v) is 8.00. The average Bonchev–Trinajstić information content (AvgIpc) is 3.34. The Bertz CT molecular complexity index is 859. The summed E-state index contributed by atoms with van der Waals surface area (Å²) in [6.07, 6.45) is 3.69. The van der Waals surface area contributed by atoms with Gasteiger partial charge in [-0.2, -0.15) is 0 Å². The number of carbonyl (C=O) groups is 1. The van der Waals surface area contributed by atoms with Crippen molar-refractivity contribution in [3.8, 4) is 11.5 Å². The van der Waals surface area contributed by atoms with Crippen molar-refractivity contribution in [2.24, 2.45) is 0 Å². The Labute approximate surface area is 166 Å². The number of aromatic nitrogens is 3. The molecule has 142 valence electrons. The zero-order valence-electron chi connectivity index (χ0n) is 15.3. The Morgan fingerprint density at radius 2 is 2.00 bits per heavy atom. The third kappa shape index (κ3) is 5.40. The molecule has 0 radical (unpaired) electrons. The van der Waals surface area contributed by atoms with Gasteiger partial charge in [-0.1, -0.05) is 43.4 Å². The zero-order chi connectivity index (χ0) is 19.1. The van der Waals surface area contributed by atoms with E-state index in [1.54, 1.807) is 6.26 Å². The molecule has 0 saturated carbocycles. The number of anilines is 1. The van der Waals surface area contributed by atoms with Gasteiger partial charge < -0.3 is 4.42 Å². The molecule has 2 aromatic heterocycles. The molecule has 3 rings (SSSR count). The molecular formula is C19H22N4O2S2. The number of nitrogens with one attached hydrogen (secondary N) is 1. The van der Waals surface area contributed by atoms with Crippen molar-refractivity contribution < 1.29 is 9.21 Å². The molecule has 2 heterocycles. The monoisotopic (exact) mass is 402 g/mol. The van der Waals surface area contributed by atoms with E-state index in [0.29, 0.717) is 28.4 Å². The minimum Gasteiger partial charge on any atom is -0.444 e. The molecule has 1 aromatic carbocycles. The summed E-state index contributed by atoms with van der Waals surface area (Å²) < 4.78 is 5.51. The molecule has 0 unspecified atom stereocenters. The van der Waals surface area contributed by atoms with Gasteiger partial charge in [-0.15, -0.1) is 22.0 Å². The van der Waals surface area contributed by atoms with Crippen LogP contribution < -0.4 is 5.32 Å². The molecule has 1 N–H and O–H groups in total. The molecule has 0 aliphatic carbocycles. The van der Waals surface area contributed by atoms with Crippen molar-refractivity contribution in [2.75, 3.05) is 11.1 Å². The fourth-order valence-corrected chi connectivity index (χ4v) is 4.31. The fraction of sp³-hybridized carbons (Fsp3) is 0.368. The molecule has 0 aliphatic rings. The van der Waals surface area contributed by atoms with Gasteiger partial charge in [0.25, 0.3) is 0 Å². The lowest BCUT2D eigenvalue weighted by Gasteiger charge is -2.05. The molecule has 27 heavy (non-hydrogen) atoms. The zero-order valence-corrected chi connectivity index (χ0v) is 17.0. The van der Waals surface area contributed by atoms with E-state index in [0.717, 1.165) is 29.1 Å². The highest BCUT2D eigenvalue weighted by Gasteiger charge is 2.15. The standard InChI is InChI=1S/C19H22N4O2S2/c1-3-13(4-2)18-22-23-19(27-18)21-16(24)12-26-11-15-10-25-17(20-15)14-8-6-5-7-9-14/h5-10,13H,3-4,11-12H2,1-2H3,(H,21,23,24). The number of rotatable bonds is 9. The second-order valence-electron chi connectivity index (χ2n) is 6.01. The lowest BCUT2D eigenvalue weighted by atomic mass is 10.1. The van der Waals surface area contributed by atoms with Crippen molar-refractivity contribution in [2.45, 2.75) is 38.4 Å². The average molecular weight is 403 g/mol. The van der Waals surface area contributed by atoms with Crippen molar-refractivity contribution in [1.29, 1.82) is 0 Å². The van der Waals surface area contributed by atoms with E-state index < -0.39 is 0 Å². The molecule has 0 bridgehead atoms. The summed E-state index contributed by atoms with van der Waals surface area (Å²) in [5, 5.41) is 12.6. The Balaban J connectivity index is 1.46. The summed E-state index contributed by atoms with van der Waals surface area (Å²) in [6.45, 7) is 4.27. The van der Waals surface area contributed by atoms with Gasteiger partial charge in [0.15, 0.2) is 0 Å². The summed E-state index contributed by atoms with van der Waals surface area (Å²) in [6, 6.07) is 9.75. The van der Waals surface area contributed by atoms with E-state index in [1.807, 2.05) is 30.3 Å². The molecule has 1 amide bonds. The third-order valence-electron chi connectivity index (χ3n) is 4.08. The lowest BCUT2D eigenvalue weighted by molar-refractivity contribution is -0.113. The van der Waals surface area contributed by atoms with Gasteiger partial charge >= 0.3 is 0 Å². The van der Waals surface area contributed by atoms with E-state index in [2.05, 4.69) is 34.3 Å². The van der Waals surface area contributed by atoms with Crippen molar-refractivity contribution in [3.05, 3.63) is 47.3 Å². The van der Waals surface area contributed by atoms with Crippen molar-refractivity contribution >= 4 is 34.1 Å². The Kier molecular flexibility index (Phi) is 7.00. The first-order valence-electron chi connectivity index (χ1n) is 8.90. The first-order chi connectivity index (χ1) is 13.2. The number of carbonyl (C=O) groups excluding carboxylic acids is 1. The van der Waals surface area contributed by atoms with E-state index in [-0.39, 0.29) is 5.91 Å². The summed E-state index contributed by atoms with van der Waals surface area (Å²) in [7, 11) is 0. The second kappa shape index (κ2) is 9.66. The highest BCUT2D eigenvalue weighted by atomic mass is 32.2. The molecule has 0 spiro atoms. The summed E-state index contributed by atoms with van der Waals surface area (Å²) >= 11 is 2.94. The van der Waals surface area contributed by atoms with E-state index in [4.69, 9.17) is 4.42 Å². The molecule has 0 atom stereocenters. The Morgan fingerprint density at radius 3 is 2.74 bits per heavy atom. The molecular weight excluding hydrogens is 380 g/mol. The maximum Gasteiger partial charge on any atom is 0.236 e. The van der Waals surface area contributed by atoms with Gasteiger partial charge in [-0.05, 0) is 25.0 Å². The minimum atomic E-state index is -0.0842. The molecule has 0 fully saturated rings. The first kappa shape index (κ1) is 19.6. The van der Waals surface area contributed by atoms with Crippen LogP contribution in [0.1, 0.15) is 43.3 Å². The van der Waals surface area contributed by atoms with Gasteiger partial charge in [0, 0.05) is 17.2 Å². The van der Waals surface area contributed by atoms with Crippen LogP contribution in [-0.2, 0) is 10.5 Å². The quantitative estimate of drug-likeness (QED) is 0.544. The molecule has 3 aromatic rings. The topological polar surface area (TPSA) is 80.9 Å². The maximum absolute atomic E-state index is 12.1. The minimum absolute atomic E-state index is 0.0842. The van der Waals surface area contributed by atoms with Crippen LogP contribution in [0.5, 0.6) is 0 Å². The third-order valence-corrected chi connectivity index (χ3v) is 6.04. The van der Waals surface area contributed by atoms with Crippen molar-refractivity contribution in [3.63, 3.8) is 0 Å². The molecule has 0 aliphatic heterocycles. The smallest absolute Gasteiger partial charge is 0.236 e. The van der Waals surface area contributed by atoms with Crippen LogP contribution >= 0.6 is 23.1 Å². The van der Waals surface area contributed by atoms with Gasteiger partial charge in [-0.3, -0.25) is 10.1 Å². The van der Waals surface area contributed by atoms with E-state index >= 15 is 0 Å². The largest absolute Gasteiger partial charge is 0.444 e. The molecule has 6 nitrogen and oxygen atoms in total. The number of benzene rings is 1. The van der Waals surface area contributed by atoms with Crippen LogP contribution in [0.25, 0.3) is 11.5 Å². The highest BCUT2D eigenvalue weighted by molar-refractivity contribution is 7.99. The number of hydrogen-bond acceptors (Lipinski definition) is 7. The normalized spacial score (nSPS) is 11.1. The first-order valence-corrected chi connectivity index (χ1v) is 10.9. The van der Waals surface area contributed by atoms with Crippen molar-refractivity contribution in [1.82, 2.24) is 15.2 Å². The van der Waals surface area contributed by atoms with Crippen LogP contribution in [0.3, 0.4) is 0 Å². The maximum atomic E-state index is 12.1. The number of amides is 1. The van der Waals surface area contributed by atoms with Crippen LogP contribution in [0.2, 0.25) is 0 Å². The Morgan fingerprint density at radius 1 is 1.22 bits per heavy atom. The molecule has 8 heteroatoms. The number of oxazole rings is 1. The van der Waals surface area contributed by atoms with E-state index in [9.17, 15) is 4.79 Å². The van der Waals surface area contributed by atoms with Crippen LogP contribution in [0.15, 0.2) is 41.0 Å². The van der Waals surface area contributed by atoms with Gasteiger partial charge in [0.1, 0.15) is 11.3 Å². The Hall–Kier alpha value is -2.19. The predicted octanol–water partition coefficient (Wildman–Crippen LogP) is 4.97. The molecule has 0 saturated heterocycles. The van der Waals surface area contributed by atoms with Gasteiger partial charge in [-0.25, -0.2) is 4.98 Å². The predicted molar refractivity (Wildman–Crippen MR) is 110 cm³/mol. The summed E-state index contributed by atoms with van der Waals surface area (Å²) in [5.74, 6) is 1.86. The van der Waals surface area contributed by atoms with Crippen LogP contribution in [0.4, 0.5) is 5.13 Å². The summed E-state index contributed by atoms with van der Waals surface area (Å²) in [4.78, 5) is 16.6. The SMILES string of the molecule is CCC(CC)c1nnc(NC(=O)CSCc2coc(-c3ccccc3)n2)s1. The highest BCUT2D eigenvalue weighted by Crippen LogP contribution is 2.28. The number of hydrogen-bond donors (Lipinski definition) is 1. The summed E-state index contributed by atoms with van der Waals surface area (Å²) in [5.41, 5.74) is 1.76.